The third-order valence-corrected chi connectivity index (χ3v) is 2.54. The second kappa shape index (κ2) is 3.22. The van der Waals surface area contributed by atoms with E-state index >= 15 is 0 Å². The fourth-order valence-electron chi connectivity index (χ4n) is 0.760. The van der Waals surface area contributed by atoms with Gasteiger partial charge in [-0.05, 0) is 19.1 Å². The van der Waals surface area contributed by atoms with Crippen molar-refractivity contribution in [2.75, 3.05) is 0 Å². The maximum absolute atomic E-state index is 11.0. The van der Waals surface area contributed by atoms with Gasteiger partial charge >= 0.3 is 10.1 Å². The monoisotopic (exact) mass is 187 g/mol. The van der Waals surface area contributed by atoms with Crippen molar-refractivity contribution in [2.24, 2.45) is 5.90 Å². The van der Waals surface area contributed by atoms with Crippen LogP contribution in [0, 0.1) is 6.92 Å². The van der Waals surface area contributed by atoms with Crippen LogP contribution in [0.1, 0.15) is 5.56 Å². The highest BCUT2D eigenvalue weighted by Crippen LogP contribution is 2.10. The molecule has 0 aliphatic rings. The molecule has 1 aromatic rings. The van der Waals surface area contributed by atoms with Gasteiger partial charge in [0.25, 0.3) is 0 Å². The standard InChI is InChI=1S/C7H9NO3S/c1-6-2-4-7(5-3-6)12(9,10)11-8/h2-5H,8H2,1H3. The van der Waals surface area contributed by atoms with E-state index in [0.717, 1.165) is 5.56 Å². The average Bonchev–Trinajstić information content (AvgIpc) is 2.05. The Labute approximate surface area is 71.0 Å². The Bertz CT molecular complexity index is 355. The number of aryl methyl sites for hydroxylation is 1. The van der Waals surface area contributed by atoms with E-state index in [1.54, 1.807) is 12.1 Å². The lowest BCUT2D eigenvalue weighted by Crippen LogP contribution is -2.10. The first-order valence-electron chi connectivity index (χ1n) is 3.26. The Morgan fingerprint density at radius 3 is 2.17 bits per heavy atom. The summed E-state index contributed by atoms with van der Waals surface area (Å²) < 4.78 is 25.8. The van der Waals surface area contributed by atoms with E-state index in [1.807, 2.05) is 6.92 Å². The number of nitrogens with two attached hydrogens (primary N) is 1. The fraction of sp³-hybridized carbons (Fsp3) is 0.143. The first kappa shape index (κ1) is 9.18. The molecule has 5 heteroatoms. The average molecular weight is 187 g/mol. The van der Waals surface area contributed by atoms with Crippen molar-refractivity contribution in [3.8, 4) is 0 Å². The number of hydrogen-bond acceptors (Lipinski definition) is 4. The van der Waals surface area contributed by atoms with Crippen molar-refractivity contribution in [1.29, 1.82) is 0 Å². The first-order chi connectivity index (χ1) is 5.56. The molecule has 0 fully saturated rings. The molecule has 0 aromatic heterocycles. The summed E-state index contributed by atoms with van der Waals surface area (Å²) in [5.41, 5.74) is 0.978. The molecular formula is C7H9NO3S. The molecule has 0 aliphatic heterocycles. The molecule has 66 valence electrons. The minimum Gasteiger partial charge on any atom is -0.197 e. The van der Waals surface area contributed by atoms with E-state index in [9.17, 15) is 8.42 Å². The Kier molecular flexibility index (Phi) is 2.46. The van der Waals surface area contributed by atoms with Gasteiger partial charge in [-0.15, -0.1) is 0 Å². The smallest absolute Gasteiger partial charge is 0.197 e. The highest BCUT2D eigenvalue weighted by molar-refractivity contribution is 7.86. The molecule has 0 saturated carbocycles. The summed E-state index contributed by atoms with van der Waals surface area (Å²) in [6, 6.07) is 6.23. The van der Waals surface area contributed by atoms with E-state index in [2.05, 4.69) is 10.2 Å². The van der Waals surface area contributed by atoms with Crippen molar-refractivity contribution in [1.82, 2.24) is 0 Å². The lowest BCUT2D eigenvalue weighted by Gasteiger charge is -1.99. The summed E-state index contributed by atoms with van der Waals surface area (Å²) in [7, 11) is -3.74. The highest BCUT2D eigenvalue weighted by Gasteiger charge is 2.11. The van der Waals surface area contributed by atoms with E-state index in [4.69, 9.17) is 0 Å². The molecule has 0 atom stereocenters. The molecule has 4 nitrogen and oxygen atoms in total. The Hall–Kier alpha value is -0.910. The minimum atomic E-state index is -3.74. The van der Waals surface area contributed by atoms with Gasteiger partial charge in [0.1, 0.15) is 0 Å². The van der Waals surface area contributed by atoms with Gasteiger partial charge in [-0.3, -0.25) is 0 Å². The lowest BCUT2D eigenvalue weighted by molar-refractivity contribution is 0.333. The maximum Gasteiger partial charge on any atom is 0.312 e. The zero-order chi connectivity index (χ0) is 9.19. The van der Waals surface area contributed by atoms with E-state index in [1.165, 1.54) is 12.1 Å². The lowest BCUT2D eigenvalue weighted by atomic mass is 10.2. The van der Waals surface area contributed by atoms with Gasteiger partial charge in [0.15, 0.2) is 0 Å². The molecule has 1 rings (SSSR count). The van der Waals surface area contributed by atoms with Crippen LogP contribution in [-0.2, 0) is 14.4 Å². The van der Waals surface area contributed by atoms with Crippen molar-refractivity contribution in [3.05, 3.63) is 29.8 Å². The minimum absolute atomic E-state index is 0.0654. The van der Waals surface area contributed by atoms with Crippen LogP contribution in [0.15, 0.2) is 29.2 Å². The number of hydrogen-bond donors (Lipinski definition) is 1. The van der Waals surface area contributed by atoms with Crippen LogP contribution in [0.5, 0.6) is 0 Å². The summed E-state index contributed by atoms with van der Waals surface area (Å²) in [6.07, 6.45) is 0. The van der Waals surface area contributed by atoms with Gasteiger partial charge in [0, 0.05) is 0 Å². The number of rotatable bonds is 2. The second-order valence-corrected chi connectivity index (χ2v) is 3.94. The van der Waals surface area contributed by atoms with Crippen LogP contribution in [-0.4, -0.2) is 8.42 Å². The van der Waals surface area contributed by atoms with E-state index in [0.29, 0.717) is 0 Å². The summed E-state index contributed by atoms with van der Waals surface area (Å²) in [5, 5.41) is 0. The Balaban J connectivity index is 3.14. The third-order valence-electron chi connectivity index (χ3n) is 1.44. The van der Waals surface area contributed by atoms with Gasteiger partial charge in [-0.1, -0.05) is 17.7 Å². The zero-order valence-corrected chi connectivity index (χ0v) is 7.34. The van der Waals surface area contributed by atoms with Crippen LogP contribution in [0.2, 0.25) is 0 Å². The molecule has 1 aromatic carbocycles. The van der Waals surface area contributed by atoms with Gasteiger partial charge in [-0.25, -0.2) is 0 Å². The van der Waals surface area contributed by atoms with E-state index in [-0.39, 0.29) is 4.90 Å². The van der Waals surface area contributed by atoms with Crippen molar-refractivity contribution < 1.29 is 12.7 Å². The number of benzene rings is 1. The zero-order valence-electron chi connectivity index (χ0n) is 6.52. The van der Waals surface area contributed by atoms with Crippen molar-refractivity contribution in [3.63, 3.8) is 0 Å². The predicted molar refractivity (Wildman–Crippen MR) is 43.6 cm³/mol. The molecule has 0 spiro atoms. The largest absolute Gasteiger partial charge is 0.312 e. The first-order valence-corrected chi connectivity index (χ1v) is 4.67. The molecule has 0 unspecified atom stereocenters. The van der Waals surface area contributed by atoms with Crippen molar-refractivity contribution >= 4 is 10.1 Å². The summed E-state index contributed by atoms with van der Waals surface area (Å²) >= 11 is 0. The Morgan fingerprint density at radius 2 is 1.75 bits per heavy atom. The Morgan fingerprint density at radius 1 is 1.25 bits per heavy atom. The normalized spacial score (nSPS) is 11.5. The highest BCUT2D eigenvalue weighted by atomic mass is 32.2. The van der Waals surface area contributed by atoms with Crippen LogP contribution in [0.4, 0.5) is 0 Å². The SMILES string of the molecule is Cc1ccc(S(=O)(=O)ON)cc1. The molecule has 12 heavy (non-hydrogen) atoms. The van der Waals surface area contributed by atoms with Gasteiger partial charge in [-0.2, -0.15) is 18.6 Å². The predicted octanol–water partition coefficient (Wildman–Crippen LogP) is 0.574. The summed E-state index contributed by atoms with van der Waals surface area (Å²) in [6.45, 7) is 1.86. The van der Waals surface area contributed by atoms with E-state index < -0.39 is 10.1 Å². The van der Waals surface area contributed by atoms with Gasteiger partial charge in [0.05, 0.1) is 4.90 Å². The topological polar surface area (TPSA) is 69.4 Å². The quantitative estimate of drug-likeness (QED) is 0.687. The molecule has 0 bridgehead atoms. The van der Waals surface area contributed by atoms with Gasteiger partial charge < -0.3 is 0 Å². The summed E-state index contributed by atoms with van der Waals surface area (Å²) in [4.78, 5) is 0.0654. The summed E-state index contributed by atoms with van der Waals surface area (Å²) in [5.74, 6) is 4.59. The molecule has 2 N–H and O–H groups in total. The van der Waals surface area contributed by atoms with Crippen LogP contribution >= 0.6 is 0 Å². The second-order valence-electron chi connectivity index (χ2n) is 2.36. The maximum atomic E-state index is 11.0. The third kappa shape index (κ3) is 1.82. The van der Waals surface area contributed by atoms with Crippen LogP contribution in [0.3, 0.4) is 0 Å². The van der Waals surface area contributed by atoms with Gasteiger partial charge in [0.2, 0.25) is 0 Å². The van der Waals surface area contributed by atoms with Crippen LogP contribution in [0.25, 0.3) is 0 Å². The fourth-order valence-corrected chi connectivity index (χ4v) is 1.34. The molecule has 0 aliphatic carbocycles. The molecular weight excluding hydrogens is 178 g/mol. The molecule has 0 amide bonds. The molecule has 0 heterocycles. The van der Waals surface area contributed by atoms with Crippen LogP contribution < -0.4 is 5.90 Å². The molecule has 0 saturated heterocycles. The molecule has 0 radical (unpaired) electrons. The van der Waals surface area contributed by atoms with Crippen molar-refractivity contribution in [2.45, 2.75) is 11.8 Å².